The summed E-state index contributed by atoms with van der Waals surface area (Å²) in [5.74, 6) is 2.63. The molecular weight excluding hydrogens is 346 g/mol. The summed E-state index contributed by atoms with van der Waals surface area (Å²) < 4.78 is 33.7. The normalized spacial score (nSPS) is 20.4. The van der Waals surface area contributed by atoms with Crippen LogP contribution in [-0.2, 0) is 16.4 Å². The average Bonchev–Trinajstić information content (AvgIpc) is 3.18. The van der Waals surface area contributed by atoms with Crippen LogP contribution in [0.2, 0.25) is 0 Å². The van der Waals surface area contributed by atoms with E-state index in [1.165, 1.54) is 6.20 Å². The minimum Gasteiger partial charge on any atom is -0.454 e. The quantitative estimate of drug-likeness (QED) is 0.796. The second kappa shape index (κ2) is 6.36. The van der Waals surface area contributed by atoms with Crippen molar-refractivity contribution in [3.63, 3.8) is 0 Å². The Kier molecular flexibility index (Phi) is 4.04. The van der Waals surface area contributed by atoms with Crippen LogP contribution in [-0.4, -0.2) is 47.9 Å². The Balaban J connectivity index is 1.38. The molecule has 4 rings (SSSR count). The van der Waals surface area contributed by atoms with Gasteiger partial charge in [0.1, 0.15) is 0 Å². The number of hydrogen-bond donors (Lipinski definition) is 2. The van der Waals surface area contributed by atoms with Crippen molar-refractivity contribution in [3.05, 3.63) is 30.0 Å². The van der Waals surface area contributed by atoms with Gasteiger partial charge in [0.2, 0.25) is 12.7 Å². The van der Waals surface area contributed by atoms with Crippen LogP contribution in [0.3, 0.4) is 0 Å². The number of rotatable bonds is 5. The van der Waals surface area contributed by atoms with Gasteiger partial charge in [0.25, 0.3) is 0 Å². The summed E-state index contributed by atoms with van der Waals surface area (Å²) in [5, 5.41) is 14.0. The molecule has 0 spiro atoms. The zero-order chi connectivity index (χ0) is 17.3. The van der Waals surface area contributed by atoms with Crippen LogP contribution in [0.25, 0.3) is 0 Å². The van der Waals surface area contributed by atoms with Crippen molar-refractivity contribution in [1.82, 2.24) is 15.2 Å². The SMILES string of the molecule is O=S1(=O)CCC(Nc2nncc(NCc3ccc4c(c3)OCO4)n2)C1. The first kappa shape index (κ1) is 15.9. The van der Waals surface area contributed by atoms with Gasteiger partial charge in [0, 0.05) is 12.6 Å². The second-order valence-corrected chi connectivity index (χ2v) is 8.18. The highest BCUT2D eigenvalue weighted by atomic mass is 32.2. The molecule has 9 nitrogen and oxygen atoms in total. The van der Waals surface area contributed by atoms with Crippen molar-refractivity contribution in [2.45, 2.75) is 19.0 Å². The van der Waals surface area contributed by atoms with Gasteiger partial charge in [-0.05, 0) is 24.1 Å². The van der Waals surface area contributed by atoms with Crippen LogP contribution < -0.4 is 20.1 Å². The number of aromatic nitrogens is 3. The summed E-state index contributed by atoms with van der Waals surface area (Å²) in [5.41, 5.74) is 1.01. The van der Waals surface area contributed by atoms with Crippen LogP contribution in [0.15, 0.2) is 24.4 Å². The van der Waals surface area contributed by atoms with Crippen LogP contribution in [0.1, 0.15) is 12.0 Å². The van der Waals surface area contributed by atoms with E-state index in [-0.39, 0.29) is 24.3 Å². The lowest BCUT2D eigenvalue weighted by molar-refractivity contribution is 0.174. The molecule has 0 amide bonds. The molecule has 1 unspecified atom stereocenters. The number of anilines is 2. The largest absolute Gasteiger partial charge is 0.454 e. The van der Waals surface area contributed by atoms with Gasteiger partial charge in [0.05, 0.1) is 17.7 Å². The summed E-state index contributed by atoms with van der Waals surface area (Å²) in [6, 6.07) is 5.55. The molecule has 0 saturated carbocycles. The maximum Gasteiger partial charge on any atom is 0.244 e. The third kappa shape index (κ3) is 3.73. The number of hydrogen-bond acceptors (Lipinski definition) is 9. The molecule has 1 atom stereocenters. The molecule has 10 heteroatoms. The highest BCUT2D eigenvalue weighted by Crippen LogP contribution is 2.32. The number of fused-ring (bicyclic) bond motifs is 1. The Labute approximate surface area is 144 Å². The van der Waals surface area contributed by atoms with Gasteiger partial charge in [-0.15, -0.1) is 5.10 Å². The molecule has 1 saturated heterocycles. The van der Waals surface area contributed by atoms with Crippen LogP contribution in [0.5, 0.6) is 11.5 Å². The first-order valence-electron chi connectivity index (χ1n) is 7.86. The lowest BCUT2D eigenvalue weighted by atomic mass is 10.2. The molecule has 1 fully saturated rings. The molecule has 0 radical (unpaired) electrons. The lowest BCUT2D eigenvalue weighted by Gasteiger charge is -2.11. The summed E-state index contributed by atoms with van der Waals surface area (Å²) >= 11 is 0. The van der Waals surface area contributed by atoms with E-state index >= 15 is 0 Å². The Morgan fingerprint density at radius 1 is 1.24 bits per heavy atom. The van der Waals surface area contributed by atoms with Gasteiger partial charge in [-0.1, -0.05) is 6.07 Å². The first-order valence-corrected chi connectivity index (χ1v) is 9.69. The van der Waals surface area contributed by atoms with Crippen LogP contribution >= 0.6 is 0 Å². The summed E-state index contributed by atoms with van der Waals surface area (Å²) in [6.45, 7) is 0.778. The first-order chi connectivity index (χ1) is 12.1. The standard InChI is InChI=1S/C15H17N5O4S/c21-25(22)4-3-11(8-25)18-15-19-14(7-17-20-15)16-6-10-1-2-12-13(5-10)24-9-23-12/h1-2,5,7,11H,3-4,6,8-9H2,(H2,16,18,19,20). The monoisotopic (exact) mass is 363 g/mol. The van der Waals surface area contributed by atoms with Crippen molar-refractivity contribution in [2.24, 2.45) is 0 Å². The molecule has 3 heterocycles. The minimum atomic E-state index is -2.95. The molecule has 132 valence electrons. The summed E-state index contributed by atoms with van der Waals surface area (Å²) in [6.07, 6.45) is 2.07. The van der Waals surface area contributed by atoms with E-state index < -0.39 is 9.84 Å². The Bertz CT molecular complexity index is 889. The van der Waals surface area contributed by atoms with Crippen molar-refractivity contribution in [2.75, 3.05) is 28.9 Å². The number of sulfone groups is 1. The van der Waals surface area contributed by atoms with Gasteiger partial charge < -0.3 is 20.1 Å². The third-order valence-corrected chi connectivity index (χ3v) is 5.80. The molecule has 0 aliphatic carbocycles. The molecule has 2 N–H and O–H groups in total. The summed E-state index contributed by atoms with van der Waals surface area (Å²) in [4.78, 5) is 4.32. The van der Waals surface area contributed by atoms with E-state index in [4.69, 9.17) is 9.47 Å². The fourth-order valence-electron chi connectivity index (χ4n) is 2.78. The molecule has 1 aromatic heterocycles. The Morgan fingerprint density at radius 3 is 2.96 bits per heavy atom. The number of nitrogens with one attached hydrogen (secondary N) is 2. The Hall–Kier alpha value is -2.62. The predicted molar refractivity (Wildman–Crippen MR) is 90.4 cm³/mol. The maximum atomic E-state index is 11.5. The van der Waals surface area contributed by atoms with Crippen LogP contribution in [0.4, 0.5) is 11.8 Å². The molecule has 25 heavy (non-hydrogen) atoms. The van der Waals surface area contributed by atoms with E-state index in [9.17, 15) is 8.42 Å². The zero-order valence-corrected chi connectivity index (χ0v) is 14.1. The highest BCUT2D eigenvalue weighted by molar-refractivity contribution is 7.91. The number of benzene rings is 1. The number of ether oxygens (including phenoxy) is 2. The maximum absolute atomic E-state index is 11.5. The van der Waals surface area contributed by atoms with Crippen LogP contribution in [0, 0.1) is 0 Å². The van der Waals surface area contributed by atoms with E-state index in [0.29, 0.717) is 24.7 Å². The van der Waals surface area contributed by atoms with E-state index in [0.717, 1.165) is 17.1 Å². The van der Waals surface area contributed by atoms with E-state index in [1.54, 1.807) is 0 Å². The second-order valence-electron chi connectivity index (χ2n) is 5.95. The minimum absolute atomic E-state index is 0.102. The molecule has 1 aromatic carbocycles. The number of nitrogens with zero attached hydrogens (tertiary/aromatic N) is 3. The van der Waals surface area contributed by atoms with Gasteiger partial charge >= 0.3 is 0 Å². The molecule has 0 bridgehead atoms. The van der Waals surface area contributed by atoms with Crippen molar-refractivity contribution >= 4 is 21.6 Å². The fraction of sp³-hybridized carbons (Fsp3) is 0.400. The van der Waals surface area contributed by atoms with E-state index in [2.05, 4.69) is 25.8 Å². The van der Waals surface area contributed by atoms with Gasteiger partial charge in [-0.25, -0.2) is 8.42 Å². The van der Waals surface area contributed by atoms with Crippen molar-refractivity contribution in [3.8, 4) is 11.5 Å². The molecule has 2 aliphatic heterocycles. The van der Waals surface area contributed by atoms with Crippen molar-refractivity contribution in [1.29, 1.82) is 0 Å². The topological polar surface area (TPSA) is 115 Å². The smallest absolute Gasteiger partial charge is 0.244 e. The van der Waals surface area contributed by atoms with E-state index in [1.807, 2.05) is 18.2 Å². The Morgan fingerprint density at radius 2 is 2.12 bits per heavy atom. The third-order valence-electron chi connectivity index (χ3n) is 4.04. The fourth-order valence-corrected chi connectivity index (χ4v) is 4.46. The molecule has 2 aliphatic rings. The molecule has 2 aromatic rings. The van der Waals surface area contributed by atoms with Gasteiger partial charge in [0.15, 0.2) is 27.2 Å². The van der Waals surface area contributed by atoms with Crippen molar-refractivity contribution < 1.29 is 17.9 Å². The molecular formula is C15H17N5O4S. The lowest BCUT2D eigenvalue weighted by Crippen LogP contribution is -2.22. The zero-order valence-electron chi connectivity index (χ0n) is 13.3. The van der Waals surface area contributed by atoms with Gasteiger partial charge in [-0.3, -0.25) is 0 Å². The predicted octanol–water partition coefficient (Wildman–Crippen LogP) is 0.811. The average molecular weight is 363 g/mol. The highest BCUT2D eigenvalue weighted by Gasteiger charge is 2.28. The summed E-state index contributed by atoms with van der Waals surface area (Å²) in [7, 11) is -2.95. The van der Waals surface area contributed by atoms with Gasteiger partial charge in [-0.2, -0.15) is 10.1 Å².